The maximum absolute atomic E-state index is 11.0. The molecular weight excluding hydrogens is 308 g/mol. The summed E-state index contributed by atoms with van der Waals surface area (Å²) in [6, 6.07) is 5.08. The fourth-order valence-electron chi connectivity index (χ4n) is 2.78. The molecule has 1 aliphatic carbocycles. The zero-order chi connectivity index (χ0) is 13.9. The van der Waals surface area contributed by atoms with Crippen molar-refractivity contribution in [2.24, 2.45) is 5.41 Å². The molecule has 2 rings (SSSR count). The number of rotatable bonds is 5. The van der Waals surface area contributed by atoms with E-state index in [0.29, 0.717) is 12.0 Å². The van der Waals surface area contributed by atoms with Crippen molar-refractivity contribution in [1.82, 2.24) is 5.32 Å². The van der Waals surface area contributed by atoms with E-state index in [1.807, 2.05) is 6.07 Å². The van der Waals surface area contributed by atoms with E-state index >= 15 is 0 Å². The van der Waals surface area contributed by atoms with Gasteiger partial charge in [-0.25, -0.2) is 0 Å². The first-order chi connectivity index (χ1) is 9.00. The number of nitro groups is 1. The highest BCUT2D eigenvalue weighted by molar-refractivity contribution is 9.10. The summed E-state index contributed by atoms with van der Waals surface area (Å²) in [5, 5.41) is 14.4. The van der Waals surface area contributed by atoms with Crippen LogP contribution < -0.4 is 5.32 Å². The molecule has 5 heteroatoms. The Bertz CT molecular complexity index is 471. The largest absolute Gasteiger partial charge is 0.312 e. The summed E-state index contributed by atoms with van der Waals surface area (Å²) in [7, 11) is 0. The number of hydrogen-bond acceptors (Lipinski definition) is 3. The van der Waals surface area contributed by atoms with E-state index in [0.717, 1.165) is 16.6 Å². The monoisotopic (exact) mass is 326 g/mol. The molecule has 1 N–H and O–H groups in total. The summed E-state index contributed by atoms with van der Waals surface area (Å²) in [5.74, 6) is 0. The van der Waals surface area contributed by atoms with Gasteiger partial charge in [0.2, 0.25) is 0 Å². The molecule has 0 amide bonds. The maximum Gasteiger partial charge on any atom is 0.273 e. The van der Waals surface area contributed by atoms with Crippen LogP contribution in [0.5, 0.6) is 0 Å². The van der Waals surface area contributed by atoms with Crippen molar-refractivity contribution in [3.63, 3.8) is 0 Å². The molecule has 4 nitrogen and oxygen atoms in total. The Morgan fingerprint density at radius 3 is 2.74 bits per heavy atom. The van der Waals surface area contributed by atoms with Crippen LogP contribution in [0.15, 0.2) is 22.7 Å². The maximum atomic E-state index is 11.0. The van der Waals surface area contributed by atoms with E-state index in [1.54, 1.807) is 12.1 Å². The van der Waals surface area contributed by atoms with Crippen LogP contribution in [0, 0.1) is 15.5 Å². The van der Waals surface area contributed by atoms with Gasteiger partial charge >= 0.3 is 0 Å². The molecule has 0 aliphatic heterocycles. The SMILES string of the molecule is CC1(CNCc2cc(Br)ccc2[N+](=O)[O-])CCCC1. The highest BCUT2D eigenvalue weighted by Gasteiger charge is 2.28. The Hall–Kier alpha value is -0.940. The number of benzene rings is 1. The number of nitrogens with zero attached hydrogens (tertiary/aromatic N) is 1. The highest BCUT2D eigenvalue weighted by Crippen LogP contribution is 2.36. The number of halogens is 1. The standard InChI is InChI=1S/C14H19BrN2O2/c1-14(6-2-3-7-14)10-16-9-11-8-12(15)4-5-13(11)17(18)19/h4-5,8,16H,2-3,6-7,9-10H2,1H3. The van der Waals surface area contributed by atoms with Crippen LogP contribution in [-0.2, 0) is 6.54 Å². The first kappa shape index (κ1) is 14.5. The summed E-state index contributed by atoms with van der Waals surface area (Å²) in [6.45, 7) is 3.77. The predicted molar refractivity (Wildman–Crippen MR) is 79.1 cm³/mol. The average Bonchev–Trinajstić information content (AvgIpc) is 2.76. The van der Waals surface area contributed by atoms with Gasteiger partial charge in [-0.2, -0.15) is 0 Å². The molecule has 1 fully saturated rings. The van der Waals surface area contributed by atoms with Crippen molar-refractivity contribution in [2.45, 2.75) is 39.2 Å². The fraction of sp³-hybridized carbons (Fsp3) is 0.571. The zero-order valence-corrected chi connectivity index (χ0v) is 12.7. The van der Waals surface area contributed by atoms with E-state index in [2.05, 4.69) is 28.2 Å². The van der Waals surface area contributed by atoms with Crippen molar-refractivity contribution in [3.05, 3.63) is 38.3 Å². The lowest BCUT2D eigenvalue weighted by atomic mass is 9.89. The summed E-state index contributed by atoms with van der Waals surface area (Å²) in [6.07, 6.45) is 5.10. The van der Waals surface area contributed by atoms with E-state index in [4.69, 9.17) is 0 Å². The van der Waals surface area contributed by atoms with Crippen molar-refractivity contribution >= 4 is 21.6 Å². The molecule has 1 aliphatic rings. The predicted octanol–water partition coefficient (Wildman–Crippen LogP) is 4.03. The lowest BCUT2D eigenvalue weighted by molar-refractivity contribution is -0.385. The summed E-state index contributed by atoms with van der Waals surface area (Å²) in [4.78, 5) is 10.7. The second-order valence-electron chi connectivity index (χ2n) is 5.65. The van der Waals surface area contributed by atoms with Gasteiger partial charge in [-0.1, -0.05) is 35.7 Å². The van der Waals surface area contributed by atoms with E-state index in [-0.39, 0.29) is 10.6 Å². The fourth-order valence-corrected chi connectivity index (χ4v) is 3.19. The Kier molecular flexibility index (Phi) is 4.58. The molecule has 0 atom stereocenters. The quantitative estimate of drug-likeness (QED) is 0.656. The van der Waals surface area contributed by atoms with Crippen LogP contribution in [0.2, 0.25) is 0 Å². The molecule has 0 spiro atoms. The van der Waals surface area contributed by atoms with Gasteiger partial charge in [0.15, 0.2) is 0 Å². The molecule has 1 saturated carbocycles. The summed E-state index contributed by atoms with van der Waals surface area (Å²) in [5.41, 5.74) is 1.29. The molecule has 0 aromatic heterocycles. The zero-order valence-electron chi connectivity index (χ0n) is 11.1. The molecule has 104 valence electrons. The minimum absolute atomic E-state index is 0.187. The molecule has 0 heterocycles. The summed E-state index contributed by atoms with van der Waals surface area (Å²) >= 11 is 3.36. The Morgan fingerprint density at radius 2 is 2.11 bits per heavy atom. The van der Waals surface area contributed by atoms with Crippen LogP contribution in [-0.4, -0.2) is 11.5 Å². The van der Waals surface area contributed by atoms with Crippen LogP contribution in [0.25, 0.3) is 0 Å². The van der Waals surface area contributed by atoms with E-state index < -0.39 is 0 Å². The third kappa shape index (κ3) is 3.76. The topological polar surface area (TPSA) is 55.2 Å². The highest BCUT2D eigenvalue weighted by atomic mass is 79.9. The Labute approximate surface area is 121 Å². The molecule has 19 heavy (non-hydrogen) atoms. The number of nitrogens with one attached hydrogen (secondary N) is 1. The molecule has 1 aromatic rings. The third-order valence-electron chi connectivity index (χ3n) is 3.92. The number of nitro benzene ring substituents is 1. The average molecular weight is 327 g/mol. The van der Waals surface area contributed by atoms with Gasteiger partial charge in [0.05, 0.1) is 4.92 Å². The van der Waals surface area contributed by atoms with Gasteiger partial charge in [-0.05, 0) is 30.4 Å². The molecule has 0 saturated heterocycles. The minimum atomic E-state index is -0.319. The minimum Gasteiger partial charge on any atom is -0.312 e. The van der Waals surface area contributed by atoms with Crippen LogP contribution in [0.3, 0.4) is 0 Å². The normalized spacial score (nSPS) is 17.6. The van der Waals surface area contributed by atoms with Gasteiger partial charge in [0, 0.05) is 29.2 Å². The van der Waals surface area contributed by atoms with Crippen molar-refractivity contribution < 1.29 is 4.92 Å². The Balaban J connectivity index is 1.98. The summed E-state index contributed by atoms with van der Waals surface area (Å²) < 4.78 is 0.877. The van der Waals surface area contributed by atoms with Gasteiger partial charge < -0.3 is 5.32 Å². The first-order valence-electron chi connectivity index (χ1n) is 6.64. The lowest BCUT2D eigenvalue weighted by Crippen LogP contribution is -2.29. The first-order valence-corrected chi connectivity index (χ1v) is 7.43. The van der Waals surface area contributed by atoms with Crippen LogP contribution >= 0.6 is 15.9 Å². The van der Waals surface area contributed by atoms with Gasteiger partial charge in [-0.3, -0.25) is 10.1 Å². The third-order valence-corrected chi connectivity index (χ3v) is 4.41. The van der Waals surface area contributed by atoms with Gasteiger partial charge in [0.1, 0.15) is 0 Å². The van der Waals surface area contributed by atoms with Crippen molar-refractivity contribution in [1.29, 1.82) is 0 Å². The van der Waals surface area contributed by atoms with Crippen molar-refractivity contribution in [3.8, 4) is 0 Å². The Morgan fingerprint density at radius 1 is 1.42 bits per heavy atom. The molecular formula is C14H19BrN2O2. The molecule has 0 unspecified atom stereocenters. The molecule has 0 bridgehead atoms. The second kappa shape index (κ2) is 6.01. The van der Waals surface area contributed by atoms with Crippen molar-refractivity contribution in [2.75, 3.05) is 6.54 Å². The molecule has 1 aromatic carbocycles. The smallest absolute Gasteiger partial charge is 0.273 e. The van der Waals surface area contributed by atoms with Gasteiger partial charge in [0.25, 0.3) is 5.69 Å². The van der Waals surface area contributed by atoms with Crippen LogP contribution in [0.4, 0.5) is 5.69 Å². The van der Waals surface area contributed by atoms with Gasteiger partial charge in [-0.15, -0.1) is 0 Å². The van der Waals surface area contributed by atoms with E-state index in [1.165, 1.54) is 25.7 Å². The lowest BCUT2D eigenvalue weighted by Gasteiger charge is -2.23. The second-order valence-corrected chi connectivity index (χ2v) is 6.57. The number of hydrogen-bond donors (Lipinski definition) is 1. The molecule has 0 radical (unpaired) electrons. The van der Waals surface area contributed by atoms with Crippen LogP contribution in [0.1, 0.15) is 38.2 Å². The van der Waals surface area contributed by atoms with E-state index in [9.17, 15) is 10.1 Å².